The van der Waals surface area contributed by atoms with E-state index < -0.39 is 0 Å². The van der Waals surface area contributed by atoms with Gasteiger partial charge in [0.15, 0.2) is 0 Å². The molecule has 0 aliphatic heterocycles. The molecule has 1 aromatic rings. The number of hydrogen-bond donors (Lipinski definition) is 2. The molecule has 4 heteroatoms. The average Bonchev–Trinajstić information content (AvgIpc) is 2.29. The summed E-state index contributed by atoms with van der Waals surface area (Å²) in [6, 6.07) is 1.82. The summed E-state index contributed by atoms with van der Waals surface area (Å²) in [5.41, 5.74) is 0. The number of aliphatic hydroxyl groups is 1. The predicted molar refractivity (Wildman–Crippen MR) is 59.3 cm³/mol. The van der Waals surface area contributed by atoms with Crippen LogP contribution in [0.5, 0.6) is 0 Å². The highest BCUT2D eigenvalue weighted by Gasteiger charge is 1.93. The first-order chi connectivity index (χ1) is 7.43. The first kappa shape index (κ1) is 12.1. The van der Waals surface area contributed by atoms with Crippen LogP contribution in [0.25, 0.3) is 0 Å². The predicted octanol–water partition coefficient (Wildman–Crippen LogP) is 1.12. The molecule has 0 aliphatic carbocycles. The Labute approximate surface area is 90.8 Å². The monoisotopic (exact) mass is 209 g/mol. The van der Waals surface area contributed by atoms with E-state index in [4.69, 9.17) is 5.11 Å². The lowest BCUT2D eigenvalue weighted by atomic mass is 10.2. The van der Waals surface area contributed by atoms with Gasteiger partial charge in [-0.2, -0.15) is 0 Å². The molecule has 0 saturated heterocycles. The normalized spacial score (nSPS) is 10.5. The Kier molecular flexibility index (Phi) is 6.70. The fraction of sp³-hybridized carbons (Fsp3) is 0.636. The quantitative estimate of drug-likeness (QED) is 0.630. The van der Waals surface area contributed by atoms with Crippen LogP contribution in [0.15, 0.2) is 18.5 Å². The van der Waals surface area contributed by atoms with Gasteiger partial charge < -0.3 is 10.4 Å². The van der Waals surface area contributed by atoms with Crippen LogP contribution in [0.3, 0.4) is 0 Å². The van der Waals surface area contributed by atoms with Gasteiger partial charge in [0.05, 0.1) is 6.54 Å². The van der Waals surface area contributed by atoms with Crippen LogP contribution in [0.2, 0.25) is 0 Å². The van der Waals surface area contributed by atoms with Crippen molar-refractivity contribution >= 4 is 0 Å². The van der Waals surface area contributed by atoms with Crippen molar-refractivity contribution in [1.82, 2.24) is 15.3 Å². The van der Waals surface area contributed by atoms with E-state index in [0.717, 1.165) is 38.2 Å². The van der Waals surface area contributed by atoms with Gasteiger partial charge in [-0.05, 0) is 25.5 Å². The number of rotatable bonds is 8. The van der Waals surface area contributed by atoms with E-state index in [-0.39, 0.29) is 0 Å². The maximum absolute atomic E-state index is 8.59. The minimum absolute atomic E-state index is 0.311. The third kappa shape index (κ3) is 6.14. The number of aromatic nitrogens is 2. The number of hydrogen-bond acceptors (Lipinski definition) is 4. The second-order valence-electron chi connectivity index (χ2n) is 3.48. The van der Waals surface area contributed by atoms with Gasteiger partial charge >= 0.3 is 0 Å². The van der Waals surface area contributed by atoms with E-state index in [2.05, 4.69) is 15.3 Å². The smallest absolute Gasteiger partial charge is 0.141 e. The van der Waals surface area contributed by atoms with Gasteiger partial charge in [-0.3, -0.25) is 0 Å². The molecule has 0 radical (unpaired) electrons. The third-order valence-electron chi connectivity index (χ3n) is 2.16. The number of nitrogens with zero attached hydrogens (tertiary/aromatic N) is 2. The Bertz CT molecular complexity index is 241. The van der Waals surface area contributed by atoms with Crippen molar-refractivity contribution in [2.75, 3.05) is 13.2 Å². The largest absolute Gasteiger partial charge is 0.396 e. The SMILES string of the molecule is OCCCCCCNCc1ncccn1. The van der Waals surface area contributed by atoms with Gasteiger partial charge in [0.25, 0.3) is 0 Å². The highest BCUT2D eigenvalue weighted by atomic mass is 16.2. The van der Waals surface area contributed by atoms with Gasteiger partial charge in [0.2, 0.25) is 0 Å². The van der Waals surface area contributed by atoms with E-state index in [0.29, 0.717) is 6.61 Å². The van der Waals surface area contributed by atoms with E-state index >= 15 is 0 Å². The van der Waals surface area contributed by atoms with Crippen LogP contribution in [-0.4, -0.2) is 28.2 Å². The average molecular weight is 209 g/mol. The van der Waals surface area contributed by atoms with Gasteiger partial charge in [-0.1, -0.05) is 12.8 Å². The third-order valence-corrected chi connectivity index (χ3v) is 2.16. The summed E-state index contributed by atoms with van der Waals surface area (Å²) in [5, 5.41) is 11.9. The fourth-order valence-electron chi connectivity index (χ4n) is 1.34. The minimum atomic E-state index is 0.311. The Balaban J connectivity index is 1.93. The zero-order valence-corrected chi connectivity index (χ0v) is 9.02. The van der Waals surface area contributed by atoms with E-state index in [9.17, 15) is 0 Å². The van der Waals surface area contributed by atoms with Crippen molar-refractivity contribution in [1.29, 1.82) is 0 Å². The molecule has 0 bridgehead atoms. The first-order valence-electron chi connectivity index (χ1n) is 5.51. The molecule has 1 aromatic heterocycles. The second-order valence-corrected chi connectivity index (χ2v) is 3.48. The Hall–Kier alpha value is -1.00. The van der Waals surface area contributed by atoms with Crippen molar-refractivity contribution in [2.45, 2.75) is 32.2 Å². The molecule has 0 atom stereocenters. The topological polar surface area (TPSA) is 58.0 Å². The summed E-state index contributed by atoms with van der Waals surface area (Å²) >= 11 is 0. The van der Waals surface area contributed by atoms with Crippen LogP contribution in [0.1, 0.15) is 31.5 Å². The van der Waals surface area contributed by atoms with Crippen LogP contribution in [-0.2, 0) is 6.54 Å². The number of nitrogens with one attached hydrogen (secondary N) is 1. The summed E-state index contributed by atoms with van der Waals surface area (Å²) in [6.07, 6.45) is 7.86. The van der Waals surface area contributed by atoms with Crippen LogP contribution in [0, 0.1) is 0 Å². The lowest BCUT2D eigenvalue weighted by Crippen LogP contribution is -2.16. The summed E-state index contributed by atoms with van der Waals surface area (Å²) in [7, 11) is 0. The first-order valence-corrected chi connectivity index (χ1v) is 5.51. The van der Waals surface area contributed by atoms with E-state index in [1.54, 1.807) is 12.4 Å². The zero-order valence-electron chi connectivity index (χ0n) is 9.02. The van der Waals surface area contributed by atoms with Crippen molar-refractivity contribution < 1.29 is 5.11 Å². The highest BCUT2D eigenvalue weighted by Crippen LogP contribution is 1.97. The second kappa shape index (κ2) is 8.32. The molecular formula is C11H19N3O. The van der Waals surface area contributed by atoms with Crippen molar-refractivity contribution in [3.05, 3.63) is 24.3 Å². The molecule has 0 fully saturated rings. The molecule has 15 heavy (non-hydrogen) atoms. The summed E-state index contributed by atoms with van der Waals surface area (Å²) in [6.45, 7) is 2.04. The van der Waals surface area contributed by atoms with Crippen molar-refractivity contribution in [3.63, 3.8) is 0 Å². The van der Waals surface area contributed by atoms with Crippen LogP contribution >= 0.6 is 0 Å². The number of unbranched alkanes of at least 4 members (excludes halogenated alkanes) is 3. The molecule has 2 N–H and O–H groups in total. The molecule has 0 spiro atoms. The van der Waals surface area contributed by atoms with Crippen molar-refractivity contribution in [2.24, 2.45) is 0 Å². The van der Waals surface area contributed by atoms with Gasteiger partial charge in [-0.25, -0.2) is 9.97 Å². The molecule has 0 aliphatic rings. The molecule has 1 heterocycles. The molecule has 4 nitrogen and oxygen atoms in total. The Morgan fingerprint density at radius 1 is 1.07 bits per heavy atom. The molecule has 0 saturated carbocycles. The fourth-order valence-corrected chi connectivity index (χ4v) is 1.34. The lowest BCUT2D eigenvalue weighted by molar-refractivity contribution is 0.282. The van der Waals surface area contributed by atoms with E-state index in [1.807, 2.05) is 6.07 Å². The molecule has 0 aromatic carbocycles. The molecular weight excluding hydrogens is 190 g/mol. The zero-order chi connectivity index (χ0) is 10.8. The van der Waals surface area contributed by atoms with E-state index in [1.165, 1.54) is 6.42 Å². The van der Waals surface area contributed by atoms with Gasteiger partial charge in [0.1, 0.15) is 5.82 Å². The molecule has 0 unspecified atom stereocenters. The van der Waals surface area contributed by atoms with Gasteiger partial charge in [0, 0.05) is 19.0 Å². The summed E-state index contributed by atoms with van der Waals surface area (Å²) in [5.74, 6) is 0.841. The Morgan fingerprint density at radius 3 is 2.53 bits per heavy atom. The standard InChI is InChI=1S/C11H19N3O/c15-9-4-2-1-3-6-12-10-11-13-7-5-8-14-11/h5,7-8,12,15H,1-4,6,9-10H2. The molecule has 1 rings (SSSR count). The summed E-state index contributed by atoms with van der Waals surface area (Å²) < 4.78 is 0. The van der Waals surface area contributed by atoms with Crippen LogP contribution in [0.4, 0.5) is 0 Å². The van der Waals surface area contributed by atoms with Gasteiger partial charge in [-0.15, -0.1) is 0 Å². The summed E-state index contributed by atoms with van der Waals surface area (Å²) in [4.78, 5) is 8.24. The van der Waals surface area contributed by atoms with Crippen molar-refractivity contribution in [3.8, 4) is 0 Å². The highest BCUT2D eigenvalue weighted by molar-refractivity contribution is 4.87. The Morgan fingerprint density at radius 2 is 1.80 bits per heavy atom. The molecule has 0 amide bonds. The molecule has 84 valence electrons. The lowest BCUT2D eigenvalue weighted by Gasteiger charge is -2.02. The number of aliphatic hydroxyl groups excluding tert-OH is 1. The van der Waals surface area contributed by atoms with Crippen LogP contribution < -0.4 is 5.32 Å². The maximum Gasteiger partial charge on any atom is 0.141 e. The minimum Gasteiger partial charge on any atom is -0.396 e. The maximum atomic E-state index is 8.59.